The quantitative estimate of drug-likeness (QED) is 0.912. The van der Waals surface area contributed by atoms with E-state index < -0.39 is 0 Å². The number of nitriles is 1. The summed E-state index contributed by atoms with van der Waals surface area (Å²) in [5.74, 6) is 0.868. The van der Waals surface area contributed by atoms with Crippen LogP contribution in [0.25, 0.3) is 11.1 Å². The fourth-order valence-corrected chi connectivity index (χ4v) is 3.52. The molecule has 23 heavy (non-hydrogen) atoms. The maximum atomic E-state index is 9.37. The van der Waals surface area contributed by atoms with E-state index in [1.807, 2.05) is 0 Å². The molecule has 1 aliphatic carbocycles. The number of benzene rings is 2. The predicted octanol–water partition coefficient (Wildman–Crippen LogP) is 3.17. The van der Waals surface area contributed by atoms with Crippen LogP contribution in [0.5, 0.6) is 0 Å². The number of hydrogen-bond donors (Lipinski definition) is 2. The Bertz CT molecular complexity index is 726. The third-order valence-electron chi connectivity index (χ3n) is 5.11. The molecule has 0 bridgehead atoms. The summed E-state index contributed by atoms with van der Waals surface area (Å²) in [6, 6.07) is 19.3. The lowest BCUT2D eigenvalue weighted by atomic mass is 9.78. The molecular formula is C20H20N2O. The van der Waals surface area contributed by atoms with Gasteiger partial charge >= 0.3 is 0 Å². The minimum atomic E-state index is -0.198. The van der Waals surface area contributed by atoms with Crippen molar-refractivity contribution in [1.82, 2.24) is 5.32 Å². The molecule has 1 saturated heterocycles. The first-order chi connectivity index (χ1) is 11.3. The summed E-state index contributed by atoms with van der Waals surface area (Å²) in [7, 11) is 0. The normalized spacial score (nSPS) is 26.3. The Hall–Kier alpha value is -2.15. The predicted molar refractivity (Wildman–Crippen MR) is 90.0 cm³/mol. The first kappa shape index (κ1) is 14.4. The SMILES string of the molecule is N#C[C@@H]1N[C@@H](CO)[C@H]1c1ccc(-c2ccc(C3CC3)cc2)cc1. The summed E-state index contributed by atoms with van der Waals surface area (Å²) in [5.41, 5.74) is 4.99. The molecule has 4 rings (SSSR count). The summed E-state index contributed by atoms with van der Waals surface area (Å²) < 4.78 is 0. The Balaban J connectivity index is 1.54. The molecule has 116 valence electrons. The molecule has 3 nitrogen and oxygen atoms in total. The Morgan fingerprint density at radius 1 is 0.957 bits per heavy atom. The summed E-state index contributed by atoms with van der Waals surface area (Å²) in [5, 5.41) is 21.6. The Morgan fingerprint density at radius 2 is 1.52 bits per heavy atom. The largest absolute Gasteiger partial charge is 0.395 e. The fourth-order valence-electron chi connectivity index (χ4n) is 3.52. The molecule has 2 aromatic carbocycles. The van der Waals surface area contributed by atoms with Crippen molar-refractivity contribution < 1.29 is 5.11 Å². The van der Waals surface area contributed by atoms with Crippen LogP contribution in [0.3, 0.4) is 0 Å². The lowest BCUT2D eigenvalue weighted by Crippen LogP contribution is -2.60. The van der Waals surface area contributed by atoms with Crippen molar-refractivity contribution in [1.29, 1.82) is 5.26 Å². The second kappa shape index (κ2) is 5.81. The minimum absolute atomic E-state index is 0.0108. The highest BCUT2D eigenvalue weighted by atomic mass is 16.3. The van der Waals surface area contributed by atoms with E-state index in [2.05, 4.69) is 59.9 Å². The van der Waals surface area contributed by atoms with E-state index in [1.54, 1.807) is 0 Å². The van der Waals surface area contributed by atoms with E-state index in [4.69, 9.17) is 5.26 Å². The third kappa shape index (κ3) is 2.65. The van der Waals surface area contributed by atoms with Crippen LogP contribution in [-0.2, 0) is 0 Å². The fraction of sp³-hybridized carbons (Fsp3) is 0.350. The zero-order chi connectivity index (χ0) is 15.8. The molecule has 0 unspecified atom stereocenters. The van der Waals surface area contributed by atoms with Crippen molar-refractivity contribution in [2.24, 2.45) is 0 Å². The van der Waals surface area contributed by atoms with Crippen molar-refractivity contribution in [3.8, 4) is 17.2 Å². The van der Waals surface area contributed by atoms with Gasteiger partial charge in [-0.3, -0.25) is 5.32 Å². The van der Waals surface area contributed by atoms with Gasteiger partial charge in [0.2, 0.25) is 0 Å². The molecule has 1 heterocycles. The molecule has 2 aliphatic rings. The summed E-state index contributed by atoms with van der Waals surface area (Å²) in [4.78, 5) is 0. The average molecular weight is 304 g/mol. The summed E-state index contributed by atoms with van der Waals surface area (Å²) >= 11 is 0. The molecule has 1 aliphatic heterocycles. The van der Waals surface area contributed by atoms with Gasteiger partial charge in [-0.15, -0.1) is 0 Å². The number of aliphatic hydroxyl groups is 1. The summed E-state index contributed by atoms with van der Waals surface area (Å²) in [6.45, 7) is 0.0627. The maximum absolute atomic E-state index is 9.37. The van der Waals surface area contributed by atoms with Crippen LogP contribution in [-0.4, -0.2) is 23.8 Å². The van der Waals surface area contributed by atoms with E-state index in [9.17, 15) is 5.11 Å². The molecule has 2 aromatic rings. The number of hydrogen-bond acceptors (Lipinski definition) is 3. The van der Waals surface area contributed by atoms with E-state index >= 15 is 0 Å². The number of rotatable bonds is 4. The van der Waals surface area contributed by atoms with Crippen molar-refractivity contribution in [3.05, 3.63) is 59.7 Å². The van der Waals surface area contributed by atoms with Gasteiger partial charge in [0.1, 0.15) is 6.04 Å². The van der Waals surface area contributed by atoms with Gasteiger partial charge in [0, 0.05) is 12.0 Å². The van der Waals surface area contributed by atoms with Crippen LogP contribution in [0.1, 0.15) is 35.8 Å². The second-order valence-corrected chi connectivity index (χ2v) is 6.61. The number of nitrogens with one attached hydrogen (secondary N) is 1. The zero-order valence-electron chi connectivity index (χ0n) is 12.9. The molecule has 3 atom stereocenters. The molecule has 3 heteroatoms. The molecule has 2 fully saturated rings. The molecule has 2 N–H and O–H groups in total. The van der Waals surface area contributed by atoms with Crippen LogP contribution in [0.2, 0.25) is 0 Å². The third-order valence-corrected chi connectivity index (χ3v) is 5.11. The van der Waals surface area contributed by atoms with E-state index in [-0.39, 0.29) is 24.6 Å². The van der Waals surface area contributed by atoms with Crippen LogP contribution in [0, 0.1) is 11.3 Å². The molecule has 0 amide bonds. The van der Waals surface area contributed by atoms with Crippen LogP contribution in [0.4, 0.5) is 0 Å². The maximum Gasteiger partial charge on any atom is 0.104 e. The van der Waals surface area contributed by atoms with E-state index in [0.29, 0.717) is 0 Å². The second-order valence-electron chi connectivity index (χ2n) is 6.61. The van der Waals surface area contributed by atoms with Crippen molar-refractivity contribution >= 4 is 0 Å². The van der Waals surface area contributed by atoms with Crippen molar-refractivity contribution in [2.75, 3.05) is 6.61 Å². The lowest BCUT2D eigenvalue weighted by molar-refractivity contribution is 0.151. The van der Waals surface area contributed by atoms with Crippen LogP contribution < -0.4 is 5.32 Å². The van der Waals surface area contributed by atoms with E-state index in [1.165, 1.54) is 29.5 Å². The van der Waals surface area contributed by atoms with Crippen LogP contribution >= 0.6 is 0 Å². The Kier molecular flexibility index (Phi) is 3.65. The Morgan fingerprint density at radius 3 is 2.00 bits per heavy atom. The molecule has 0 spiro atoms. The van der Waals surface area contributed by atoms with Crippen LogP contribution in [0.15, 0.2) is 48.5 Å². The van der Waals surface area contributed by atoms with Gasteiger partial charge in [-0.25, -0.2) is 0 Å². The lowest BCUT2D eigenvalue weighted by Gasteiger charge is -2.41. The van der Waals surface area contributed by atoms with Gasteiger partial charge in [0.25, 0.3) is 0 Å². The van der Waals surface area contributed by atoms with Crippen molar-refractivity contribution in [3.63, 3.8) is 0 Å². The molecule has 1 saturated carbocycles. The average Bonchev–Trinajstić information content (AvgIpc) is 3.41. The van der Waals surface area contributed by atoms with Gasteiger partial charge in [0.05, 0.1) is 12.7 Å². The standard InChI is InChI=1S/C20H20N2O/c21-11-18-20(19(12-23)22-18)17-9-7-16(8-10-17)15-5-3-14(4-6-15)13-1-2-13/h3-10,13,18-20,22-23H,1-2,12H2/t18-,19-,20-/m0/s1. The highest BCUT2D eigenvalue weighted by molar-refractivity contribution is 5.64. The van der Waals surface area contributed by atoms with Crippen molar-refractivity contribution in [2.45, 2.75) is 36.8 Å². The first-order valence-corrected chi connectivity index (χ1v) is 8.27. The molecular weight excluding hydrogens is 284 g/mol. The topological polar surface area (TPSA) is 56.0 Å². The summed E-state index contributed by atoms with van der Waals surface area (Å²) in [6.07, 6.45) is 2.66. The first-order valence-electron chi connectivity index (χ1n) is 8.27. The molecule has 0 aromatic heterocycles. The van der Waals surface area contributed by atoms with E-state index in [0.717, 1.165) is 11.5 Å². The number of nitrogens with zero attached hydrogens (tertiary/aromatic N) is 1. The van der Waals surface area contributed by atoms with Gasteiger partial charge < -0.3 is 5.11 Å². The highest BCUT2D eigenvalue weighted by Crippen LogP contribution is 2.40. The van der Waals surface area contributed by atoms with Gasteiger partial charge in [-0.1, -0.05) is 48.5 Å². The molecule has 0 radical (unpaired) electrons. The van der Waals surface area contributed by atoms with Gasteiger partial charge in [-0.05, 0) is 41.0 Å². The number of aliphatic hydroxyl groups excluding tert-OH is 1. The van der Waals surface area contributed by atoms with Gasteiger partial charge in [-0.2, -0.15) is 5.26 Å². The minimum Gasteiger partial charge on any atom is -0.395 e. The highest BCUT2D eigenvalue weighted by Gasteiger charge is 2.41. The Labute approximate surface area is 136 Å². The smallest absolute Gasteiger partial charge is 0.104 e. The van der Waals surface area contributed by atoms with Gasteiger partial charge in [0.15, 0.2) is 0 Å². The zero-order valence-corrected chi connectivity index (χ0v) is 12.9. The monoisotopic (exact) mass is 304 g/mol.